The van der Waals surface area contributed by atoms with E-state index >= 15 is 0 Å². The molecular formula is C24H26ClNO7. The Morgan fingerprint density at radius 1 is 1.09 bits per heavy atom. The minimum absolute atomic E-state index is 0.0765. The molecule has 1 N–H and O–H groups in total. The van der Waals surface area contributed by atoms with Gasteiger partial charge >= 0.3 is 0 Å². The van der Waals surface area contributed by atoms with Crippen LogP contribution in [0, 0.1) is 0 Å². The number of rotatable bonds is 9. The molecule has 0 saturated carbocycles. The van der Waals surface area contributed by atoms with E-state index in [1.165, 1.54) is 38.4 Å². The topological polar surface area (TPSA) is 94.5 Å². The fraction of sp³-hybridized carbons (Fsp3) is 0.333. The van der Waals surface area contributed by atoms with Crippen molar-refractivity contribution in [3.63, 3.8) is 0 Å². The van der Waals surface area contributed by atoms with Crippen LogP contribution in [0.15, 0.2) is 42.0 Å². The molecule has 1 aliphatic rings. The molecule has 2 aromatic carbocycles. The quantitative estimate of drug-likeness (QED) is 0.334. The number of carbonyl (C=O) groups excluding carboxylic acids is 2. The lowest BCUT2D eigenvalue weighted by atomic mass is 9.94. The second-order valence-electron chi connectivity index (χ2n) is 7.18. The Labute approximate surface area is 197 Å². The van der Waals surface area contributed by atoms with E-state index in [0.29, 0.717) is 17.9 Å². The molecule has 8 nitrogen and oxygen atoms in total. The first-order valence-corrected chi connectivity index (χ1v) is 10.7. The van der Waals surface area contributed by atoms with Gasteiger partial charge in [-0.25, -0.2) is 0 Å². The molecule has 0 aliphatic carbocycles. The number of hydrogen-bond acceptors (Lipinski definition) is 7. The van der Waals surface area contributed by atoms with Gasteiger partial charge in [0.2, 0.25) is 0 Å². The number of aliphatic hydroxyl groups excluding tert-OH is 1. The highest BCUT2D eigenvalue weighted by molar-refractivity contribution is 6.46. The highest BCUT2D eigenvalue weighted by Gasteiger charge is 2.46. The first-order chi connectivity index (χ1) is 15.9. The number of ether oxygens (including phenoxy) is 4. The van der Waals surface area contributed by atoms with Gasteiger partial charge < -0.3 is 29.0 Å². The monoisotopic (exact) mass is 475 g/mol. The summed E-state index contributed by atoms with van der Waals surface area (Å²) in [6.45, 7) is 2.68. The zero-order valence-electron chi connectivity index (χ0n) is 18.9. The maximum Gasteiger partial charge on any atom is 0.295 e. The van der Waals surface area contributed by atoms with Crippen molar-refractivity contribution in [1.29, 1.82) is 0 Å². The number of carbonyl (C=O) groups is 2. The average molecular weight is 476 g/mol. The molecule has 1 atom stereocenters. The Kier molecular flexibility index (Phi) is 7.84. The first kappa shape index (κ1) is 24.4. The van der Waals surface area contributed by atoms with E-state index in [9.17, 15) is 14.7 Å². The summed E-state index contributed by atoms with van der Waals surface area (Å²) in [4.78, 5) is 27.5. The number of aliphatic hydroxyl groups is 1. The molecule has 1 amide bonds. The summed E-state index contributed by atoms with van der Waals surface area (Å²) in [5, 5.41) is 11.6. The lowest BCUT2D eigenvalue weighted by molar-refractivity contribution is -0.140. The summed E-state index contributed by atoms with van der Waals surface area (Å²) >= 11 is 6.19. The maximum absolute atomic E-state index is 13.1. The van der Waals surface area contributed by atoms with Crippen LogP contribution < -0.4 is 14.2 Å². The molecule has 176 valence electrons. The third-order valence-electron chi connectivity index (χ3n) is 5.29. The fourth-order valence-electron chi connectivity index (χ4n) is 3.78. The lowest BCUT2D eigenvalue weighted by Gasteiger charge is -2.25. The summed E-state index contributed by atoms with van der Waals surface area (Å²) in [6.07, 6.45) is 0. The number of ketones is 1. The number of methoxy groups -OCH3 is 3. The Morgan fingerprint density at radius 2 is 1.82 bits per heavy atom. The SMILES string of the molecule is CCOc1cccc(C2/C(=C(\O)c3cc(OC)c(Cl)cc3OC)C(=O)C(=O)N2CCOC)c1. The van der Waals surface area contributed by atoms with Gasteiger partial charge in [0.25, 0.3) is 11.7 Å². The predicted molar refractivity (Wildman–Crippen MR) is 123 cm³/mol. The molecule has 33 heavy (non-hydrogen) atoms. The molecule has 9 heteroatoms. The summed E-state index contributed by atoms with van der Waals surface area (Å²) < 4.78 is 21.4. The molecule has 1 aliphatic heterocycles. The van der Waals surface area contributed by atoms with Gasteiger partial charge in [0, 0.05) is 19.7 Å². The Balaban J connectivity index is 2.25. The van der Waals surface area contributed by atoms with E-state index in [2.05, 4.69) is 0 Å². The van der Waals surface area contributed by atoms with Crippen LogP contribution in [-0.2, 0) is 14.3 Å². The Morgan fingerprint density at radius 3 is 2.45 bits per heavy atom. The van der Waals surface area contributed by atoms with Crippen molar-refractivity contribution in [1.82, 2.24) is 4.90 Å². The van der Waals surface area contributed by atoms with Crippen molar-refractivity contribution in [2.45, 2.75) is 13.0 Å². The van der Waals surface area contributed by atoms with Gasteiger partial charge in [-0.05, 0) is 30.7 Å². The second kappa shape index (κ2) is 10.6. The molecule has 1 heterocycles. The summed E-state index contributed by atoms with van der Waals surface area (Å²) in [7, 11) is 4.35. The second-order valence-corrected chi connectivity index (χ2v) is 7.59. The molecule has 1 unspecified atom stereocenters. The minimum Gasteiger partial charge on any atom is -0.507 e. The van der Waals surface area contributed by atoms with Crippen molar-refractivity contribution in [3.8, 4) is 17.2 Å². The Bertz CT molecular complexity index is 1080. The van der Waals surface area contributed by atoms with Crippen molar-refractivity contribution < 1.29 is 33.6 Å². The number of nitrogens with zero attached hydrogens (tertiary/aromatic N) is 1. The van der Waals surface area contributed by atoms with Crippen LogP contribution in [-0.4, -0.2) is 62.8 Å². The third kappa shape index (κ3) is 4.77. The maximum atomic E-state index is 13.1. The first-order valence-electron chi connectivity index (χ1n) is 10.3. The minimum atomic E-state index is -0.855. The van der Waals surface area contributed by atoms with Crippen LogP contribution in [0.2, 0.25) is 5.02 Å². The lowest BCUT2D eigenvalue weighted by Crippen LogP contribution is -2.32. The zero-order chi connectivity index (χ0) is 24.1. The van der Waals surface area contributed by atoms with E-state index < -0.39 is 23.5 Å². The standard InChI is InChI=1S/C24H26ClNO7/c1-5-33-15-8-6-7-14(11-15)21-20(23(28)24(29)26(21)9-10-30-2)22(27)16-12-19(32-4)17(25)13-18(16)31-3/h6-8,11-13,21,27H,5,9-10H2,1-4H3/b22-20+. The predicted octanol–water partition coefficient (Wildman–Crippen LogP) is 3.82. The van der Waals surface area contributed by atoms with Gasteiger partial charge in [-0.15, -0.1) is 0 Å². The van der Waals surface area contributed by atoms with E-state index in [4.69, 9.17) is 30.5 Å². The number of Topliss-reactive ketones (excluding diaryl/α,β-unsaturated/α-hetero) is 1. The molecule has 0 aromatic heterocycles. The fourth-order valence-corrected chi connectivity index (χ4v) is 4.01. The van der Waals surface area contributed by atoms with Crippen LogP contribution in [0.4, 0.5) is 0 Å². The highest BCUT2D eigenvalue weighted by Crippen LogP contribution is 2.43. The molecule has 2 aromatic rings. The summed E-state index contributed by atoms with van der Waals surface area (Å²) in [5.74, 6) is -0.859. The molecule has 0 radical (unpaired) electrons. The van der Waals surface area contributed by atoms with Crippen molar-refractivity contribution in [2.24, 2.45) is 0 Å². The number of benzene rings is 2. The van der Waals surface area contributed by atoms with E-state index in [0.717, 1.165) is 0 Å². The average Bonchev–Trinajstić information content (AvgIpc) is 3.07. The molecule has 0 bridgehead atoms. The van der Waals surface area contributed by atoms with Crippen LogP contribution in [0.25, 0.3) is 5.76 Å². The van der Waals surface area contributed by atoms with Crippen LogP contribution in [0.3, 0.4) is 0 Å². The van der Waals surface area contributed by atoms with E-state index in [1.807, 2.05) is 6.92 Å². The number of amides is 1. The smallest absolute Gasteiger partial charge is 0.295 e. The van der Waals surface area contributed by atoms with Gasteiger partial charge in [0.15, 0.2) is 0 Å². The highest BCUT2D eigenvalue weighted by atomic mass is 35.5. The number of likely N-dealkylation sites (tertiary alicyclic amines) is 1. The molecule has 1 saturated heterocycles. The number of hydrogen-bond donors (Lipinski definition) is 1. The Hall–Kier alpha value is -3.23. The van der Waals surface area contributed by atoms with Crippen molar-refractivity contribution in [3.05, 3.63) is 58.1 Å². The van der Waals surface area contributed by atoms with Gasteiger partial charge in [-0.3, -0.25) is 9.59 Å². The zero-order valence-corrected chi connectivity index (χ0v) is 19.6. The van der Waals surface area contributed by atoms with Crippen molar-refractivity contribution in [2.75, 3.05) is 41.1 Å². The van der Waals surface area contributed by atoms with Gasteiger partial charge in [-0.2, -0.15) is 0 Å². The molecule has 3 rings (SSSR count). The molecular weight excluding hydrogens is 450 g/mol. The van der Waals surface area contributed by atoms with Gasteiger partial charge in [0.1, 0.15) is 23.0 Å². The number of halogens is 1. The summed E-state index contributed by atoms with van der Waals surface area (Å²) in [6, 6.07) is 9.14. The normalized spacial score (nSPS) is 17.4. The largest absolute Gasteiger partial charge is 0.507 e. The van der Waals surface area contributed by atoms with E-state index in [-0.39, 0.29) is 40.8 Å². The van der Waals surface area contributed by atoms with Gasteiger partial charge in [0.05, 0.1) is 49.6 Å². The van der Waals surface area contributed by atoms with Crippen LogP contribution >= 0.6 is 11.6 Å². The molecule has 0 spiro atoms. The third-order valence-corrected chi connectivity index (χ3v) is 5.59. The van der Waals surface area contributed by atoms with Gasteiger partial charge in [-0.1, -0.05) is 23.7 Å². The van der Waals surface area contributed by atoms with Crippen LogP contribution in [0.1, 0.15) is 24.1 Å². The van der Waals surface area contributed by atoms with Crippen molar-refractivity contribution >= 4 is 29.1 Å². The van der Waals surface area contributed by atoms with Crippen LogP contribution in [0.5, 0.6) is 17.2 Å². The van der Waals surface area contributed by atoms with E-state index in [1.54, 1.807) is 24.3 Å². The molecule has 1 fully saturated rings. The summed E-state index contributed by atoms with van der Waals surface area (Å²) in [5.41, 5.74) is 0.708.